The fraction of sp³-hybridized carbons (Fsp3) is 0.647. The standard InChI is InChI=1S/C17H36NO4PSi3/c1-24(2,3)20-16-12-10-15(11-13-16)14-17(18)23(19,21-25(4,5)6)22-26(7,8)9/h10-13,17H,14,18H2,1-9H3. The van der Waals surface area contributed by atoms with E-state index in [0.717, 1.165) is 11.3 Å². The smallest absolute Gasteiger partial charge is 0.328 e. The zero-order valence-corrected chi connectivity index (χ0v) is 21.6. The van der Waals surface area contributed by atoms with Gasteiger partial charge >= 0.3 is 7.60 Å². The van der Waals surface area contributed by atoms with Crippen molar-refractivity contribution in [3.8, 4) is 5.75 Å². The van der Waals surface area contributed by atoms with Crippen molar-refractivity contribution in [2.24, 2.45) is 5.73 Å². The molecule has 0 radical (unpaired) electrons. The van der Waals surface area contributed by atoms with Gasteiger partial charge in [0, 0.05) is 0 Å². The molecule has 5 nitrogen and oxygen atoms in total. The van der Waals surface area contributed by atoms with Gasteiger partial charge in [0.1, 0.15) is 11.5 Å². The zero-order chi connectivity index (χ0) is 20.4. The van der Waals surface area contributed by atoms with Crippen LogP contribution in [0, 0.1) is 0 Å². The Morgan fingerprint density at radius 2 is 1.27 bits per heavy atom. The lowest BCUT2D eigenvalue weighted by molar-refractivity contribution is 0.368. The minimum absolute atomic E-state index is 0.444. The number of benzene rings is 1. The van der Waals surface area contributed by atoms with Gasteiger partial charge in [-0.2, -0.15) is 0 Å². The third-order valence-electron chi connectivity index (χ3n) is 3.00. The molecule has 2 N–H and O–H groups in total. The van der Waals surface area contributed by atoms with Crippen molar-refractivity contribution in [1.29, 1.82) is 0 Å². The predicted molar refractivity (Wildman–Crippen MR) is 119 cm³/mol. The first kappa shape index (κ1) is 23.8. The summed E-state index contributed by atoms with van der Waals surface area (Å²) in [6, 6.07) is 7.85. The molecule has 0 aliphatic carbocycles. The fourth-order valence-electron chi connectivity index (χ4n) is 2.32. The van der Waals surface area contributed by atoms with Crippen molar-refractivity contribution < 1.29 is 17.4 Å². The molecule has 0 aliphatic heterocycles. The third kappa shape index (κ3) is 9.12. The van der Waals surface area contributed by atoms with E-state index in [9.17, 15) is 4.57 Å². The first-order valence-corrected chi connectivity index (χ1v) is 20.9. The van der Waals surface area contributed by atoms with Gasteiger partial charge in [-0.1, -0.05) is 12.1 Å². The van der Waals surface area contributed by atoms with Crippen LogP contribution in [0.5, 0.6) is 5.75 Å². The molecule has 1 aromatic rings. The summed E-state index contributed by atoms with van der Waals surface area (Å²) in [4.78, 5) is 0. The minimum atomic E-state index is -3.39. The molecule has 1 atom stereocenters. The molecule has 0 bridgehead atoms. The molecule has 0 fully saturated rings. The summed E-state index contributed by atoms with van der Waals surface area (Å²) in [5, 5.41) is 0. The van der Waals surface area contributed by atoms with Crippen LogP contribution in [-0.2, 0) is 19.4 Å². The van der Waals surface area contributed by atoms with Crippen molar-refractivity contribution >= 4 is 32.5 Å². The lowest BCUT2D eigenvalue weighted by Crippen LogP contribution is -2.37. The predicted octanol–water partition coefficient (Wildman–Crippen LogP) is 5.62. The van der Waals surface area contributed by atoms with Crippen LogP contribution >= 0.6 is 7.60 Å². The molecule has 150 valence electrons. The van der Waals surface area contributed by atoms with Crippen molar-refractivity contribution in [3.05, 3.63) is 29.8 Å². The van der Waals surface area contributed by atoms with Gasteiger partial charge in [0.15, 0.2) is 16.6 Å². The summed E-state index contributed by atoms with van der Waals surface area (Å²) in [6.45, 7) is 18.5. The van der Waals surface area contributed by atoms with E-state index in [0.29, 0.717) is 6.42 Å². The quantitative estimate of drug-likeness (QED) is 0.404. The summed E-state index contributed by atoms with van der Waals surface area (Å²) >= 11 is 0. The Bertz CT molecular complexity index is 613. The Morgan fingerprint density at radius 3 is 1.62 bits per heavy atom. The monoisotopic (exact) mass is 433 g/mol. The van der Waals surface area contributed by atoms with Crippen LogP contribution in [0.15, 0.2) is 24.3 Å². The van der Waals surface area contributed by atoms with E-state index in [2.05, 4.69) is 19.6 Å². The average Bonchev–Trinajstić information content (AvgIpc) is 2.34. The van der Waals surface area contributed by atoms with Gasteiger partial charge in [-0.25, -0.2) is 0 Å². The van der Waals surface area contributed by atoms with Gasteiger partial charge in [-0.15, -0.1) is 0 Å². The maximum Gasteiger partial charge on any atom is 0.328 e. The molecule has 0 spiro atoms. The average molecular weight is 434 g/mol. The molecule has 26 heavy (non-hydrogen) atoms. The molecule has 0 aromatic heterocycles. The third-order valence-corrected chi connectivity index (χ3v) is 11.3. The first-order valence-electron chi connectivity index (χ1n) is 9.04. The fourth-order valence-corrected chi connectivity index (χ4v) is 11.3. The normalized spacial score (nSPS) is 15.0. The van der Waals surface area contributed by atoms with Crippen molar-refractivity contribution in [2.75, 3.05) is 0 Å². The number of rotatable bonds is 9. The Balaban J connectivity index is 2.95. The largest absolute Gasteiger partial charge is 0.544 e. The second-order valence-electron chi connectivity index (χ2n) is 9.58. The lowest BCUT2D eigenvalue weighted by atomic mass is 10.1. The van der Waals surface area contributed by atoms with Gasteiger partial charge in [-0.05, 0) is 83.0 Å². The van der Waals surface area contributed by atoms with E-state index in [4.69, 9.17) is 18.6 Å². The van der Waals surface area contributed by atoms with Crippen LogP contribution in [-0.4, -0.2) is 30.7 Å². The van der Waals surface area contributed by atoms with Crippen molar-refractivity contribution in [1.82, 2.24) is 0 Å². The van der Waals surface area contributed by atoms with Crippen LogP contribution in [0.25, 0.3) is 0 Å². The Morgan fingerprint density at radius 1 is 0.846 bits per heavy atom. The number of hydrogen-bond acceptors (Lipinski definition) is 5. The van der Waals surface area contributed by atoms with Gasteiger partial charge < -0.3 is 18.6 Å². The molecule has 0 heterocycles. The number of nitrogens with two attached hydrogens (primary N) is 1. The molecule has 1 unspecified atom stereocenters. The molecule has 0 amide bonds. The Kier molecular flexibility index (Phi) is 7.72. The minimum Gasteiger partial charge on any atom is -0.544 e. The van der Waals surface area contributed by atoms with Crippen LogP contribution < -0.4 is 10.2 Å². The summed E-state index contributed by atoms with van der Waals surface area (Å²) in [5.41, 5.74) is 7.34. The maximum absolute atomic E-state index is 13.5. The lowest BCUT2D eigenvalue weighted by Gasteiger charge is -2.34. The Hall–Kier alpha value is -0.219. The maximum atomic E-state index is 13.5. The zero-order valence-electron chi connectivity index (χ0n) is 17.8. The van der Waals surface area contributed by atoms with Gasteiger partial charge in [0.2, 0.25) is 8.32 Å². The first-order chi connectivity index (χ1) is 11.5. The van der Waals surface area contributed by atoms with Gasteiger partial charge in [0.05, 0.1) is 0 Å². The number of hydrogen-bond donors (Lipinski definition) is 1. The molecular formula is C17H36NO4PSi3. The van der Waals surface area contributed by atoms with E-state index < -0.39 is 38.3 Å². The highest BCUT2D eigenvalue weighted by Crippen LogP contribution is 2.56. The molecule has 1 rings (SSSR count). The SMILES string of the molecule is C[Si](C)(C)Oc1ccc(CC(N)P(=O)(O[Si](C)(C)C)O[Si](C)(C)C)cc1. The molecule has 0 saturated heterocycles. The highest BCUT2D eigenvalue weighted by Gasteiger charge is 2.41. The van der Waals surface area contributed by atoms with Gasteiger partial charge in [0.25, 0.3) is 0 Å². The Labute approximate surface area is 162 Å². The second-order valence-corrected chi connectivity index (χ2v) is 25.7. The molecule has 0 aliphatic rings. The van der Waals surface area contributed by atoms with Crippen LogP contribution in [0.4, 0.5) is 0 Å². The summed E-state index contributed by atoms with van der Waals surface area (Å²) in [6.07, 6.45) is 0.444. The molecule has 9 heteroatoms. The van der Waals surface area contributed by atoms with Crippen molar-refractivity contribution in [3.63, 3.8) is 0 Å². The van der Waals surface area contributed by atoms with E-state index in [1.807, 2.05) is 63.5 Å². The topological polar surface area (TPSA) is 70.8 Å². The summed E-state index contributed by atoms with van der Waals surface area (Å²) in [7, 11) is -9.16. The van der Waals surface area contributed by atoms with Crippen LogP contribution in [0.3, 0.4) is 0 Å². The van der Waals surface area contributed by atoms with E-state index >= 15 is 0 Å². The molecule has 1 aromatic carbocycles. The van der Waals surface area contributed by atoms with Gasteiger partial charge in [-0.3, -0.25) is 4.57 Å². The van der Waals surface area contributed by atoms with Crippen molar-refractivity contribution in [2.45, 2.75) is 71.1 Å². The summed E-state index contributed by atoms with van der Waals surface area (Å²) < 4.78 is 31.4. The molecule has 0 saturated carbocycles. The summed E-state index contributed by atoms with van der Waals surface area (Å²) in [5.74, 6) is 0.186. The highest BCUT2D eigenvalue weighted by molar-refractivity contribution is 7.57. The highest BCUT2D eigenvalue weighted by atomic mass is 31.2. The van der Waals surface area contributed by atoms with Crippen LogP contribution in [0.1, 0.15) is 5.56 Å². The van der Waals surface area contributed by atoms with Crippen LogP contribution in [0.2, 0.25) is 58.9 Å². The molecular weight excluding hydrogens is 397 g/mol. The van der Waals surface area contributed by atoms with E-state index in [1.165, 1.54) is 0 Å². The second kappa shape index (κ2) is 8.43. The van der Waals surface area contributed by atoms with E-state index in [1.54, 1.807) is 0 Å². The van der Waals surface area contributed by atoms with E-state index in [-0.39, 0.29) is 0 Å².